The zero-order chi connectivity index (χ0) is 12.5. The van der Waals surface area contributed by atoms with Crippen molar-refractivity contribution in [1.82, 2.24) is 0 Å². The SMILES string of the molecule is COc1ccc(C2C=Cc3cc(C)ccc32)cc1. The number of allylic oxidation sites excluding steroid dienone is 1. The summed E-state index contributed by atoms with van der Waals surface area (Å²) in [4.78, 5) is 0. The number of hydrogen-bond acceptors (Lipinski definition) is 1. The molecule has 1 atom stereocenters. The minimum Gasteiger partial charge on any atom is -0.497 e. The third-order valence-corrected chi connectivity index (χ3v) is 3.52. The highest BCUT2D eigenvalue weighted by atomic mass is 16.5. The lowest BCUT2D eigenvalue weighted by Gasteiger charge is -2.12. The van der Waals surface area contributed by atoms with Crippen LogP contribution >= 0.6 is 0 Å². The van der Waals surface area contributed by atoms with Crippen LogP contribution in [0.1, 0.15) is 28.2 Å². The largest absolute Gasteiger partial charge is 0.497 e. The number of hydrogen-bond donors (Lipinski definition) is 0. The summed E-state index contributed by atoms with van der Waals surface area (Å²) in [7, 11) is 1.70. The van der Waals surface area contributed by atoms with Crippen LogP contribution in [0.5, 0.6) is 5.75 Å². The van der Waals surface area contributed by atoms with Crippen molar-refractivity contribution in [2.45, 2.75) is 12.8 Å². The third kappa shape index (κ3) is 1.82. The van der Waals surface area contributed by atoms with Crippen LogP contribution in [-0.4, -0.2) is 7.11 Å². The van der Waals surface area contributed by atoms with Gasteiger partial charge in [-0.2, -0.15) is 0 Å². The van der Waals surface area contributed by atoms with E-state index in [1.807, 2.05) is 12.1 Å². The number of fused-ring (bicyclic) bond motifs is 1. The quantitative estimate of drug-likeness (QED) is 0.760. The molecule has 3 rings (SSSR count). The van der Waals surface area contributed by atoms with E-state index in [-0.39, 0.29) is 0 Å². The summed E-state index contributed by atoms with van der Waals surface area (Å²) in [5.41, 5.74) is 5.37. The predicted molar refractivity (Wildman–Crippen MR) is 75.1 cm³/mol. The highest BCUT2D eigenvalue weighted by Crippen LogP contribution is 2.36. The standard InChI is InChI=1S/C17H16O/c1-12-3-9-17-14(11-12)6-10-16(17)13-4-7-15(18-2)8-5-13/h3-11,16H,1-2H3. The van der Waals surface area contributed by atoms with Gasteiger partial charge in [-0.3, -0.25) is 0 Å². The van der Waals surface area contributed by atoms with E-state index in [1.165, 1.54) is 22.3 Å². The molecule has 0 spiro atoms. The van der Waals surface area contributed by atoms with Crippen LogP contribution in [-0.2, 0) is 0 Å². The maximum Gasteiger partial charge on any atom is 0.118 e. The zero-order valence-corrected chi connectivity index (χ0v) is 10.7. The van der Waals surface area contributed by atoms with Crippen molar-refractivity contribution < 1.29 is 4.74 Å². The summed E-state index contributed by atoms with van der Waals surface area (Å²) >= 11 is 0. The molecule has 18 heavy (non-hydrogen) atoms. The number of rotatable bonds is 2. The van der Waals surface area contributed by atoms with E-state index in [9.17, 15) is 0 Å². The van der Waals surface area contributed by atoms with Crippen molar-refractivity contribution in [3.05, 3.63) is 70.8 Å². The van der Waals surface area contributed by atoms with Gasteiger partial charge in [-0.05, 0) is 35.7 Å². The summed E-state index contributed by atoms with van der Waals surface area (Å²) in [6, 6.07) is 15.0. The molecule has 90 valence electrons. The van der Waals surface area contributed by atoms with Gasteiger partial charge in [0.1, 0.15) is 5.75 Å². The van der Waals surface area contributed by atoms with Gasteiger partial charge in [-0.1, -0.05) is 48.0 Å². The Balaban J connectivity index is 1.98. The normalized spacial score (nSPS) is 16.7. The molecular formula is C17H16O. The maximum atomic E-state index is 5.20. The molecule has 0 radical (unpaired) electrons. The second-order valence-corrected chi connectivity index (χ2v) is 4.74. The average Bonchev–Trinajstić information content (AvgIpc) is 2.81. The molecule has 0 heterocycles. The molecule has 0 fully saturated rings. The molecule has 1 unspecified atom stereocenters. The van der Waals surface area contributed by atoms with Gasteiger partial charge in [0.25, 0.3) is 0 Å². The minimum atomic E-state index is 0.381. The van der Waals surface area contributed by atoms with E-state index < -0.39 is 0 Å². The van der Waals surface area contributed by atoms with Gasteiger partial charge >= 0.3 is 0 Å². The van der Waals surface area contributed by atoms with Crippen LogP contribution < -0.4 is 4.74 Å². The maximum absolute atomic E-state index is 5.20. The molecule has 2 aromatic carbocycles. The highest BCUT2D eigenvalue weighted by Gasteiger charge is 2.18. The third-order valence-electron chi connectivity index (χ3n) is 3.52. The smallest absolute Gasteiger partial charge is 0.118 e. The van der Waals surface area contributed by atoms with E-state index in [0.29, 0.717) is 5.92 Å². The van der Waals surface area contributed by atoms with Gasteiger partial charge in [-0.25, -0.2) is 0 Å². The first kappa shape index (κ1) is 11.1. The Bertz CT molecular complexity index is 594. The molecule has 0 bridgehead atoms. The monoisotopic (exact) mass is 236 g/mol. The molecule has 1 heteroatoms. The Hall–Kier alpha value is -2.02. The molecule has 1 aliphatic rings. The zero-order valence-electron chi connectivity index (χ0n) is 10.7. The molecule has 0 aliphatic heterocycles. The Morgan fingerprint density at radius 2 is 1.78 bits per heavy atom. The molecule has 0 saturated carbocycles. The van der Waals surface area contributed by atoms with E-state index in [2.05, 4.69) is 49.4 Å². The van der Waals surface area contributed by atoms with Crippen molar-refractivity contribution in [3.63, 3.8) is 0 Å². The van der Waals surface area contributed by atoms with Crippen molar-refractivity contribution >= 4 is 6.08 Å². The van der Waals surface area contributed by atoms with Crippen LogP contribution in [0, 0.1) is 6.92 Å². The van der Waals surface area contributed by atoms with Gasteiger partial charge in [0.15, 0.2) is 0 Å². The Morgan fingerprint density at radius 1 is 1.00 bits per heavy atom. The molecule has 0 aromatic heterocycles. The number of aryl methyl sites for hydroxylation is 1. The topological polar surface area (TPSA) is 9.23 Å². The van der Waals surface area contributed by atoms with E-state index >= 15 is 0 Å². The van der Waals surface area contributed by atoms with Crippen molar-refractivity contribution in [3.8, 4) is 5.75 Å². The first-order valence-corrected chi connectivity index (χ1v) is 6.20. The van der Waals surface area contributed by atoms with Crippen LogP contribution in [0.2, 0.25) is 0 Å². The first-order valence-electron chi connectivity index (χ1n) is 6.20. The molecule has 0 amide bonds. The summed E-state index contributed by atoms with van der Waals surface area (Å²) < 4.78 is 5.20. The Kier molecular flexibility index (Phi) is 2.67. The number of ether oxygens (including phenoxy) is 1. The van der Waals surface area contributed by atoms with E-state index in [0.717, 1.165) is 5.75 Å². The Morgan fingerprint density at radius 3 is 2.50 bits per heavy atom. The fourth-order valence-corrected chi connectivity index (χ4v) is 2.53. The number of methoxy groups -OCH3 is 1. The summed E-state index contributed by atoms with van der Waals surface area (Å²) in [6.45, 7) is 2.13. The summed E-state index contributed by atoms with van der Waals surface area (Å²) in [5.74, 6) is 1.29. The molecule has 0 N–H and O–H groups in total. The molecule has 1 aliphatic carbocycles. The van der Waals surface area contributed by atoms with Crippen LogP contribution in [0.4, 0.5) is 0 Å². The lowest BCUT2D eigenvalue weighted by molar-refractivity contribution is 0.414. The fourth-order valence-electron chi connectivity index (χ4n) is 2.53. The first-order chi connectivity index (χ1) is 8.78. The van der Waals surface area contributed by atoms with Crippen molar-refractivity contribution in [1.29, 1.82) is 0 Å². The molecule has 1 nitrogen and oxygen atoms in total. The summed E-state index contributed by atoms with van der Waals surface area (Å²) in [6.07, 6.45) is 4.49. The van der Waals surface area contributed by atoms with Gasteiger partial charge < -0.3 is 4.74 Å². The second kappa shape index (κ2) is 4.34. The van der Waals surface area contributed by atoms with Crippen molar-refractivity contribution in [2.24, 2.45) is 0 Å². The Labute approximate surface area is 108 Å². The molecule has 0 saturated heterocycles. The van der Waals surface area contributed by atoms with E-state index in [4.69, 9.17) is 4.74 Å². The fraction of sp³-hybridized carbons (Fsp3) is 0.176. The van der Waals surface area contributed by atoms with Crippen molar-refractivity contribution in [2.75, 3.05) is 7.11 Å². The number of benzene rings is 2. The average molecular weight is 236 g/mol. The van der Waals surface area contributed by atoms with Crippen LogP contribution in [0.15, 0.2) is 48.5 Å². The highest BCUT2D eigenvalue weighted by molar-refractivity contribution is 5.66. The van der Waals surface area contributed by atoms with Gasteiger partial charge in [0, 0.05) is 5.92 Å². The predicted octanol–water partition coefficient (Wildman–Crippen LogP) is 4.16. The molecule has 2 aromatic rings. The lowest BCUT2D eigenvalue weighted by Crippen LogP contribution is -1.96. The molecular weight excluding hydrogens is 220 g/mol. The second-order valence-electron chi connectivity index (χ2n) is 4.74. The van der Waals surface area contributed by atoms with Crippen LogP contribution in [0.25, 0.3) is 6.08 Å². The van der Waals surface area contributed by atoms with Gasteiger partial charge in [0.2, 0.25) is 0 Å². The van der Waals surface area contributed by atoms with Crippen LogP contribution in [0.3, 0.4) is 0 Å². The summed E-state index contributed by atoms with van der Waals surface area (Å²) in [5, 5.41) is 0. The van der Waals surface area contributed by atoms with E-state index in [1.54, 1.807) is 7.11 Å². The lowest BCUT2D eigenvalue weighted by atomic mass is 9.92. The van der Waals surface area contributed by atoms with Gasteiger partial charge in [0.05, 0.1) is 7.11 Å². The minimum absolute atomic E-state index is 0.381. The van der Waals surface area contributed by atoms with Gasteiger partial charge in [-0.15, -0.1) is 0 Å².